The molecule has 4 rings (SSSR count). The van der Waals surface area contributed by atoms with Gasteiger partial charge in [0.1, 0.15) is 37.2 Å². The van der Waals surface area contributed by atoms with Gasteiger partial charge in [-0.25, -0.2) is 4.39 Å². The lowest BCUT2D eigenvalue weighted by Gasteiger charge is -2.40. The minimum atomic E-state index is -1.46. The summed E-state index contributed by atoms with van der Waals surface area (Å²) in [5.74, 6) is 0. The second kappa shape index (κ2) is 8.24. The molecule has 5 nitrogen and oxygen atoms in total. The number of nitrogens with zero attached hydrogens (tertiary/aromatic N) is 1. The number of hydrogen-bond acceptors (Lipinski definition) is 4. The van der Waals surface area contributed by atoms with Crippen LogP contribution < -0.4 is 0 Å². The molecule has 2 aromatic carbocycles. The molecule has 1 aliphatic rings. The van der Waals surface area contributed by atoms with Gasteiger partial charge in [0.25, 0.3) is 0 Å². The van der Waals surface area contributed by atoms with E-state index >= 15 is 0 Å². The standard InChI is InChI=1S/C23H26FNO4/c1-2-14-3-5-15(6-4-14)13-25-10-9-16-7-8-17(11-18(16)25)23-22(28)21(27)20(26)19(12-24)29-23/h3-11,19-23,26-28H,2,12-13H2,1H3/t19-,20-,21+,22-,23+/m1/s1. The average Bonchev–Trinajstić information content (AvgIpc) is 3.15. The number of fused-ring (bicyclic) bond motifs is 1. The number of alkyl halides is 1. The van der Waals surface area contributed by atoms with Gasteiger partial charge in [0, 0.05) is 18.3 Å². The van der Waals surface area contributed by atoms with Crippen molar-refractivity contribution in [2.24, 2.45) is 0 Å². The zero-order valence-electron chi connectivity index (χ0n) is 16.3. The molecule has 0 saturated carbocycles. The number of hydrogen-bond donors (Lipinski definition) is 3. The van der Waals surface area contributed by atoms with Gasteiger partial charge < -0.3 is 24.6 Å². The molecule has 2 heterocycles. The van der Waals surface area contributed by atoms with E-state index in [2.05, 4.69) is 35.8 Å². The fourth-order valence-corrected chi connectivity index (χ4v) is 3.95. The van der Waals surface area contributed by atoms with Crippen molar-refractivity contribution in [3.63, 3.8) is 0 Å². The molecule has 5 atom stereocenters. The second-order valence-corrected chi connectivity index (χ2v) is 7.65. The smallest absolute Gasteiger partial charge is 0.118 e. The van der Waals surface area contributed by atoms with Crippen LogP contribution in [0.25, 0.3) is 10.9 Å². The van der Waals surface area contributed by atoms with Crippen LogP contribution in [0.3, 0.4) is 0 Å². The molecule has 6 heteroatoms. The van der Waals surface area contributed by atoms with E-state index < -0.39 is 37.2 Å². The number of aliphatic hydroxyl groups excluding tert-OH is 3. The van der Waals surface area contributed by atoms with Gasteiger partial charge in [-0.05, 0) is 40.6 Å². The van der Waals surface area contributed by atoms with Crippen molar-refractivity contribution in [3.8, 4) is 0 Å². The van der Waals surface area contributed by atoms with Crippen LogP contribution in [0, 0.1) is 0 Å². The van der Waals surface area contributed by atoms with Crippen molar-refractivity contribution in [1.29, 1.82) is 0 Å². The average molecular weight is 399 g/mol. The van der Waals surface area contributed by atoms with Crippen molar-refractivity contribution in [3.05, 3.63) is 71.4 Å². The monoisotopic (exact) mass is 399 g/mol. The molecule has 29 heavy (non-hydrogen) atoms. The van der Waals surface area contributed by atoms with E-state index in [0.29, 0.717) is 12.1 Å². The molecule has 1 saturated heterocycles. The molecule has 0 amide bonds. The number of rotatable bonds is 5. The van der Waals surface area contributed by atoms with Crippen LogP contribution in [0.1, 0.15) is 29.7 Å². The summed E-state index contributed by atoms with van der Waals surface area (Å²) >= 11 is 0. The zero-order valence-corrected chi connectivity index (χ0v) is 16.3. The van der Waals surface area contributed by atoms with E-state index in [-0.39, 0.29) is 0 Å². The number of aryl methyl sites for hydroxylation is 1. The summed E-state index contributed by atoms with van der Waals surface area (Å²) in [6.45, 7) is 1.88. The normalized spacial score (nSPS) is 27.4. The summed E-state index contributed by atoms with van der Waals surface area (Å²) in [5, 5.41) is 31.4. The van der Waals surface area contributed by atoms with Gasteiger partial charge in [-0.3, -0.25) is 0 Å². The summed E-state index contributed by atoms with van der Waals surface area (Å²) in [5.41, 5.74) is 4.06. The van der Waals surface area contributed by atoms with E-state index in [9.17, 15) is 19.7 Å². The summed E-state index contributed by atoms with van der Waals surface area (Å²) in [6.07, 6.45) is -3.33. The molecule has 0 aliphatic carbocycles. The Labute approximate surface area is 169 Å². The maximum atomic E-state index is 13.2. The third kappa shape index (κ3) is 3.81. The minimum absolute atomic E-state index is 0.635. The van der Waals surface area contributed by atoms with Gasteiger partial charge in [-0.2, -0.15) is 0 Å². The highest BCUT2D eigenvalue weighted by molar-refractivity contribution is 5.81. The molecule has 1 fully saturated rings. The molecule has 0 spiro atoms. The number of benzene rings is 2. The van der Waals surface area contributed by atoms with Gasteiger partial charge in [0.15, 0.2) is 0 Å². The predicted molar refractivity (Wildman–Crippen MR) is 108 cm³/mol. The molecular formula is C23H26FNO4. The highest BCUT2D eigenvalue weighted by Crippen LogP contribution is 2.34. The summed E-state index contributed by atoms with van der Waals surface area (Å²) in [7, 11) is 0. The van der Waals surface area contributed by atoms with Crippen LogP contribution in [0.4, 0.5) is 4.39 Å². The Hall–Kier alpha value is -2.25. The van der Waals surface area contributed by atoms with Crippen LogP contribution in [0.5, 0.6) is 0 Å². The highest BCUT2D eigenvalue weighted by Gasteiger charge is 2.44. The van der Waals surface area contributed by atoms with Crippen LogP contribution >= 0.6 is 0 Å². The van der Waals surface area contributed by atoms with Crippen molar-refractivity contribution < 1.29 is 24.4 Å². The molecule has 154 valence electrons. The van der Waals surface area contributed by atoms with E-state index in [1.807, 2.05) is 24.4 Å². The Kier molecular flexibility index (Phi) is 5.69. The van der Waals surface area contributed by atoms with Crippen molar-refractivity contribution in [2.75, 3.05) is 6.67 Å². The lowest BCUT2D eigenvalue weighted by atomic mass is 9.91. The molecule has 0 radical (unpaired) electrons. The Bertz CT molecular complexity index is 969. The molecule has 1 aliphatic heterocycles. The molecular weight excluding hydrogens is 373 g/mol. The topological polar surface area (TPSA) is 74.9 Å². The quantitative estimate of drug-likeness (QED) is 0.617. The molecule has 0 unspecified atom stereocenters. The maximum Gasteiger partial charge on any atom is 0.118 e. The first-order valence-electron chi connectivity index (χ1n) is 9.94. The zero-order chi connectivity index (χ0) is 20.5. The third-order valence-corrected chi connectivity index (χ3v) is 5.78. The first kappa shape index (κ1) is 20.0. The van der Waals surface area contributed by atoms with Crippen LogP contribution in [0.2, 0.25) is 0 Å². The number of ether oxygens (including phenoxy) is 1. The molecule has 3 aromatic rings. The van der Waals surface area contributed by atoms with E-state index in [0.717, 1.165) is 17.3 Å². The van der Waals surface area contributed by atoms with Gasteiger partial charge in [-0.15, -0.1) is 0 Å². The van der Waals surface area contributed by atoms with Gasteiger partial charge in [-0.1, -0.05) is 43.3 Å². The van der Waals surface area contributed by atoms with E-state index in [1.165, 1.54) is 11.1 Å². The number of halogens is 1. The van der Waals surface area contributed by atoms with Crippen LogP contribution in [-0.4, -0.2) is 51.0 Å². The lowest BCUT2D eigenvalue weighted by molar-refractivity contribution is -0.227. The van der Waals surface area contributed by atoms with E-state index in [1.54, 1.807) is 6.07 Å². The van der Waals surface area contributed by atoms with Crippen LogP contribution in [0.15, 0.2) is 54.7 Å². The van der Waals surface area contributed by atoms with Crippen molar-refractivity contribution in [1.82, 2.24) is 4.57 Å². The Morgan fingerprint density at radius 1 is 0.931 bits per heavy atom. The van der Waals surface area contributed by atoms with Crippen LogP contribution in [-0.2, 0) is 17.7 Å². The molecule has 0 bridgehead atoms. The summed E-state index contributed by atoms with van der Waals surface area (Å²) < 4.78 is 20.9. The SMILES string of the molecule is CCc1ccc(Cn2ccc3ccc([C@@H]4O[C@H](CF)[C@@H](O)[C@H](O)[C@H]4O)cc32)cc1. The number of aromatic nitrogens is 1. The fraction of sp³-hybridized carbons (Fsp3) is 0.391. The first-order chi connectivity index (χ1) is 14.0. The Morgan fingerprint density at radius 2 is 1.66 bits per heavy atom. The minimum Gasteiger partial charge on any atom is -0.387 e. The predicted octanol–water partition coefficient (Wildman–Crippen LogP) is 2.74. The fourth-order valence-electron chi connectivity index (χ4n) is 3.95. The lowest BCUT2D eigenvalue weighted by Crippen LogP contribution is -2.54. The van der Waals surface area contributed by atoms with Gasteiger partial charge >= 0.3 is 0 Å². The Morgan fingerprint density at radius 3 is 2.34 bits per heavy atom. The highest BCUT2D eigenvalue weighted by atomic mass is 19.1. The molecule has 3 N–H and O–H groups in total. The van der Waals surface area contributed by atoms with Gasteiger partial charge in [0.2, 0.25) is 0 Å². The summed E-state index contributed by atoms with van der Waals surface area (Å²) in [4.78, 5) is 0. The van der Waals surface area contributed by atoms with E-state index in [4.69, 9.17) is 4.74 Å². The van der Waals surface area contributed by atoms with Gasteiger partial charge in [0.05, 0.1) is 0 Å². The second-order valence-electron chi connectivity index (χ2n) is 7.65. The summed E-state index contributed by atoms with van der Waals surface area (Å²) in [6, 6.07) is 16.1. The maximum absolute atomic E-state index is 13.2. The Balaban J connectivity index is 1.64. The van der Waals surface area contributed by atoms with Crippen molar-refractivity contribution >= 4 is 10.9 Å². The largest absolute Gasteiger partial charge is 0.387 e. The molecule has 1 aromatic heterocycles. The third-order valence-electron chi connectivity index (χ3n) is 5.78. The van der Waals surface area contributed by atoms with Crippen molar-refractivity contribution in [2.45, 2.75) is 50.4 Å². The number of aliphatic hydroxyl groups is 3. The first-order valence-corrected chi connectivity index (χ1v) is 9.94.